The third-order valence-corrected chi connectivity index (χ3v) is 4.90. The Bertz CT molecular complexity index is 626. The first kappa shape index (κ1) is 17.5. The zero-order valence-corrected chi connectivity index (χ0v) is 15.1. The van der Waals surface area contributed by atoms with Crippen LogP contribution in [0.4, 0.5) is 10.7 Å². The van der Waals surface area contributed by atoms with Crippen molar-refractivity contribution in [3.05, 3.63) is 23.9 Å². The van der Waals surface area contributed by atoms with Crippen LogP contribution in [0.2, 0.25) is 0 Å². The number of urea groups is 1. The second-order valence-corrected chi connectivity index (χ2v) is 6.57. The molecule has 0 radical (unpaired) electrons. The van der Waals surface area contributed by atoms with Gasteiger partial charge in [-0.3, -0.25) is 0 Å². The first-order valence-electron chi connectivity index (χ1n) is 9.03. The SMILES string of the molecule is COc1ccnc(N2CCN(C(=O)N[C@@H](C)C3=CCCCC3)CC2)n1. The number of anilines is 1. The summed E-state index contributed by atoms with van der Waals surface area (Å²) in [5.41, 5.74) is 1.36. The predicted molar refractivity (Wildman–Crippen MR) is 96.9 cm³/mol. The van der Waals surface area contributed by atoms with E-state index in [1.54, 1.807) is 19.4 Å². The molecule has 1 fully saturated rings. The maximum absolute atomic E-state index is 12.5. The van der Waals surface area contributed by atoms with Crippen molar-refractivity contribution >= 4 is 12.0 Å². The average Bonchev–Trinajstić information content (AvgIpc) is 2.68. The van der Waals surface area contributed by atoms with E-state index < -0.39 is 0 Å². The Morgan fingerprint density at radius 3 is 2.76 bits per heavy atom. The number of rotatable bonds is 4. The van der Waals surface area contributed by atoms with Crippen molar-refractivity contribution in [2.24, 2.45) is 0 Å². The quantitative estimate of drug-likeness (QED) is 0.847. The number of hydrogen-bond donors (Lipinski definition) is 1. The van der Waals surface area contributed by atoms with Crippen LogP contribution < -0.4 is 15.0 Å². The lowest BCUT2D eigenvalue weighted by atomic mass is 9.95. The number of allylic oxidation sites excluding steroid dienone is 1. The van der Waals surface area contributed by atoms with Crippen LogP contribution >= 0.6 is 0 Å². The zero-order valence-electron chi connectivity index (χ0n) is 15.1. The molecule has 1 aliphatic heterocycles. The fraction of sp³-hybridized carbons (Fsp3) is 0.611. The van der Waals surface area contributed by atoms with Crippen molar-refractivity contribution in [1.82, 2.24) is 20.2 Å². The second-order valence-electron chi connectivity index (χ2n) is 6.57. The molecule has 7 nitrogen and oxygen atoms in total. The molecular formula is C18H27N5O2. The molecule has 7 heteroatoms. The molecule has 1 N–H and O–H groups in total. The lowest BCUT2D eigenvalue weighted by Gasteiger charge is -2.35. The van der Waals surface area contributed by atoms with E-state index in [0.717, 1.165) is 25.9 Å². The van der Waals surface area contributed by atoms with Crippen LogP contribution in [0.3, 0.4) is 0 Å². The van der Waals surface area contributed by atoms with Crippen molar-refractivity contribution in [2.45, 2.75) is 38.6 Å². The van der Waals surface area contributed by atoms with E-state index in [1.807, 2.05) is 4.90 Å². The summed E-state index contributed by atoms with van der Waals surface area (Å²) in [5, 5.41) is 3.14. The van der Waals surface area contributed by atoms with Crippen molar-refractivity contribution in [1.29, 1.82) is 0 Å². The minimum absolute atomic E-state index is 0.0187. The summed E-state index contributed by atoms with van der Waals surface area (Å²) < 4.78 is 5.15. The molecule has 25 heavy (non-hydrogen) atoms. The molecule has 2 aliphatic rings. The van der Waals surface area contributed by atoms with E-state index in [9.17, 15) is 4.79 Å². The Morgan fingerprint density at radius 2 is 2.08 bits per heavy atom. The van der Waals surface area contributed by atoms with Gasteiger partial charge in [0.25, 0.3) is 0 Å². The standard InChI is InChI=1S/C18H27N5O2/c1-14(15-6-4-3-5-7-15)20-18(24)23-12-10-22(11-13-23)17-19-9-8-16(21-17)25-2/h6,8-9,14H,3-5,7,10-13H2,1-2H3,(H,20,24)/t14-/m0/s1. The Labute approximate surface area is 149 Å². The van der Waals surface area contributed by atoms with Gasteiger partial charge in [-0.2, -0.15) is 4.98 Å². The van der Waals surface area contributed by atoms with E-state index >= 15 is 0 Å². The van der Waals surface area contributed by atoms with E-state index in [-0.39, 0.29) is 12.1 Å². The largest absolute Gasteiger partial charge is 0.481 e. The second kappa shape index (κ2) is 8.18. The van der Waals surface area contributed by atoms with Crippen molar-refractivity contribution in [3.8, 4) is 5.88 Å². The van der Waals surface area contributed by atoms with Crippen LogP contribution in [-0.4, -0.2) is 60.2 Å². The maximum Gasteiger partial charge on any atom is 0.317 e. The fourth-order valence-corrected chi connectivity index (χ4v) is 3.33. The monoisotopic (exact) mass is 345 g/mol. The molecule has 0 aromatic carbocycles. The molecule has 1 aliphatic carbocycles. The Kier molecular flexibility index (Phi) is 5.73. The van der Waals surface area contributed by atoms with Gasteiger partial charge in [-0.15, -0.1) is 0 Å². The summed E-state index contributed by atoms with van der Waals surface area (Å²) in [6.45, 7) is 4.85. The zero-order chi connectivity index (χ0) is 17.6. The van der Waals surface area contributed by atoms with Gasteiger partial charge in [0.15, 0.2) is 0 Å². The van der Waals surface area contributed by atoms with Gasteiger partial charge in [0, 0.05) is 44.5 Å². The lowest BCUT2D eigenvalue weighted by molar-refractivity contribution is 0.192. The number of nitrogens with one attached hydrogen (secondary N) is 1. The van der Waals surface area contributed by atoms with Gasteiger partial charge >= 0.3 is 6.03 Å². The lowest BCUT2D eigenvalue weighted by Crippen LogP contribution is -2.53. The molecule has 1 aromatic heterocycles. The topological polar surface area (TPSA) is 70.6 Å². The number of amides is 2. The number of carbonyl (C=O) groups is 1. The molecule has 2 heterocycles. The first-order chi connectivity index (χ1) is 12.2. The molecule has 0 unspecified atom stereocenters. The average molecular weight is 345 g/mol. The molecule has 3 rings (SSSR count). The van der Waals surface area contributed by atoms with Crippen LogP contribution in [0.15, 0.2) is 23.9 Å². The maximum atomic E-state index is 12.5. The van der Waals surface area contributed by atoms with E-state index in [0.29, 0.717) is 24.9 Å². The molecule has 1 saturated heterocycles. The highest BCUT2D eigenvalue weighted by Gasteiger charge is 2.24. The van der Waals surface area contributed by atoms with Crippen LogP contribution in [-0.2, 0) is 0 Å². The van der Waals surface area contributed by atoms with Gasteiger partial charge in [0.1, 0.15) is 0 Å². The summed E-state index contributed by atoms with van der Waals surface area (Å²) in [6.07, 6.45) is 8.70. The normalized spacial score (nSPS) is 19.2. The van der Waals surface area contributed by atoms with Crippen LogP contribution in [0.25, 0.3) is 0 Å². The molecule has 1 aromatic rings. The minimum Gasteiger partial charge on any atom is -0.481 e. The first-order valence-corrected chi connectivity index (χ1v) is 9.03. The van der Waals surface area contributed by atoms with E-state index in [1.165, 1.54) is 18.4 Å². The van der Waals surface area contributed by atoms with Gasteiger partial charge in [-0.1, -0.05) is 11.6 Å². The van der Waals surface area contributed by atoms with Gasteiger partial charge in [-0.05, 0) is 32.6 Å². The third kappa shape index (κ3) is 4.41. The molecule has 0 bridgehead atoms. The minimum atomic E-state index is 0.0187. The predicted octanol–water partition coefficient (Wildman–Crippen LogP) is 2.21. The summed E-state index contributed by atoms with van der Waals surface area (Å²) in [4.78, 5) is 25.1. The van der Waals surface area contributed by atoms with Crippen LogP contribution in [0, 0.1) is 0 Å². The Balaban J connectivity index is 1.51. The van der Waals surface area contributed by atoms with Crippen LogP contribution in [0.5, 0.6) is 5.88 Å². The Morgan fingerprint density at radius 1 is 1.28 bits per heavy atom. The highest BCUT2D eigenvalue weighted by atomic mass is 16.5. The van der Waals surface area contributed by atoms with Crippen molar-refractivity contribution in [3.63, 3.8) is 0 Å². The number of carbonyl (C=O) groups excluding carboxylic acids is 1. The molecule has 136 valence electrons. The number of methoxy groups -OCH3 is 1. The van der Waals surface area contributed by atoms with Crippen molar-refractivity contribution < 1.29 is 9.53 Å². The van der Waals surface area contributed by atoms with Gasteiger partial charge in [-0.25, -0.2) is 9.78 Å². The third-order valence-electron chi connectivity index (χ3n) is 4.90. The molecule has 1 atom stereocenters. The van der Waals surface area contributed by atoms with Gasteiger partial charge in [0.05, 0.1) is 7.11 Å². The smallest absolute Gasteiger partial charge is 0.317 e. The number of hydrogen-bond acceptors (Lipinski definition) is 5. The molecule has 0 saturated carbocycles. The Hall–Kier alpha value is -2.31. The van der Waals surface area contributed by atoms with Gasteiger partial charge in [0.2, 0.25) is 11.8 Å². The molecular weight excluding hydrogens is 318 g/mol. The highest BCUT2D eigenvalue weighted by Crippen LogP contribution is 2.20. The van der Waals surface area contributed by atoms with Gasteiger partial charge < -0.3 is 19.9 Å². The summed E-state index contributed by atoms with van der Waals surface area (Å²) >= 11 is 0. The fourth-order valence-electron chi connectivity index (χ4n) is 3.33. The van der Waals surface area contributed by atoms with Crippen molar-refractivity contribution in [2.75, 3.05) is 38.2 Å². The summed E-state index contributed by atoms with van der Waals surface area (Å²) in [7, 11) is 1.59. The number of piperazine rings is 1. The number of nitrogens with zero attached hydrogens (tertiary/aromatic N) is 4. The molecule has 0 spiro atoms. The van der Waals surface area contributed by atoms with Crippen LogP contribution in [0.1, 0.15) is 32.6 Å². The number of aromatic nitrogens is 2. The summed E-state index contributed by atoms with van der Waals surface area (Å²) in [5.74, 6) is 1.21. The molecule has 2 amide bonds. The highest BCUT2D eigenvalue weighted by molar-refractivity contribution is 5.75. The number of ether oxygens (including phenoxy) is 1. The van der Waals surface area contributed by atoms with E-state index in [2.05, 4.69) is 33.2 Å². The van der Waals surface area contributed by atoms with E-state index in [4.69, 9.17) is 4.74 Å². The summed E-state index contributed by atoms with van der Waals surface area (Å²) in [6, 6.07) is 1.87.